The molecule has 1 fully saturated rings. The number of hydrogen-bond donors (Lipinski definition) is 1. The number of anilines is 1. The highest BCUT2D eigenvalue weighted by atomic mass is 19.4. The number of imidazole rings is 1. The van der Waals surface area contributed by atoms with Gasteiger partial charge in [0.1, 0.15) is 5.82 Å². The Bertz CT molecular complexity index is 1300. The van der Waals surface area contributed by atoms with Gasteiger partial charge in [0.05, 0.1) is 29.2 Å². The van der Waals surface area contributed by atoms with E-state index in [4.69, 9.17) is 0 Å². The highest BCUT2D eigenvalue weighted by molar-refractivity contribution is 5.85. The van der Waals surface area contributed by atoms with Crippen LogP contribution in [0, 0.1) is 12.3 Å². The molecule has 0 amide bonds. The number of alkyl halides is 5. The third-order valence-electron chi connectivity index (χ3n) is 5.88. The minimum absolute atomic E-state index is 0.0920. The number of fused-ring (bicyclic) bond motifs is 2. The van der Waals surface area contributed by atoms with Crippen LogP contribution in [0.1, 0.15) is 18.7 Å². The average Bonchev–Trinajstić information content (AvgIpc) is 3.34. The zero-order chi connectivity index (χ0) is 22.7. The minimum Gasteiger partial charge on any atom is -0.352 e. The average molecular weight is 451 g/mol. The van der Waals surface area contributed by atoms with Crippen LogP contribution in [0.25, 0.3) is 27.8 Å². The number of aromatic nitrogens is 6. The van der Waals surface area contributed by atoms with Gasteiger partial charge in [-0.25, -0.2) is 28.2 Å². The van der Waals surface area contributed by atoms with Crippen molar-refractivity contribution < 1.29 is 22.0 Å². The van der Waals surface area contributed by atoms with Crippen LogP contribution in [-0.4, -0.2) is 48.3 Å². The first-order valence-electron chi connectivity index (χ1n) is 9.93. The second kappa shape index (κ2) is 7.10. The molecule has 1 aliphatic rings. The van der Waals surface area contributed by atoms with Crippen LogP contribution in [-0.2, 0) is 6.54 Å². The first-order valence-corrected chi connectivity index (χ1v) is 9.93. The fourth-order valence-electron chi connectivity index (χ4n) is 3.82. The Kier molecular flexibility index (Phi) is 4.57. The highest BCUT2D eigenvalue weighted by Gasteiger charge is 2.62. The van der Waals surface area contributed by atoms with Crippen molar-refractivity contribution in [2.75, 3.05) is 11.9 Å². The van der Waals surface area contributed by atoms with Crippen LogP contribution >= 0.6 is 0 Å². The van der Waals surface area contributed by atoms with Crippen LogP contribution in [0.4, 0.5) is 27.9 Å². The molecule has 12 heteroatoms. The Morgan fingerprint density at radius 1 is 1.16 bits per heavy atom. The van der Waals surface area contributed by atoms with Crippen LogP contribution in [0.3, 0.4) is 0 Å². The number of nitrogens with zero attached hydrogens (tertiary/aromatic N) is 6. The van der Waals surface area contributed by atoms with E-state index in [2.05, 4.69) is 25.4 Å². The lowest BCUT2D eigenvalue weighted by atomic mass is 10.1. The lowest BCUT2D eigenvalue weighted by molar-refractivity contribution is -0.182. The van der Waals surface area contributed by atoms with E-state index in [0.29, 0.717) is 33.6 Å². The summed E-state index contributed by atoms with van der Waals surface area (Å²) in [5.74, 6) is 0.535. The molecule has 0 saturated heterocycles. The van der Waals surface area contributed by atoms with E-state index in [9.17, 15) is 22.0 Å². The number of aryl methyl sites for hydroxylation is 1. The van der Waals surface area contributed by atoms with Gasteiger partial charge < -0.3 is 9.88 Å². The van der Waals surface area contributed by atoms with Crippen molar-refractivity contribution in [3.8, 4) is 11.1 Å². The highest BCUT2D eigenvalue weighted by Crippen LogP contribution is 2.57. The number of rotatable bonds is 6. The lowest BCUT2D eigenvalue weighted by Gasteiger charge is -2.19. The maximum Gasteiger partial charge on any atom is 0.396 e. The molecule has 7 nitrogen and oxygen atoms in total. The Morgan fingerprint density at radius 3 is 2.62 bits per heavy atom. The van der Waals surface area contributed by atoms with Crippen molar-refractivity contribution in [1.29, 1.82) is 0 Å². The van der Waals surface area contributed by atoms with Crippen molar-refractivity contribution in [1.82, 2.24) is 29.1 Å². The van der Waals surface area contributed by atoms with Gasteiger partial charge in [-0.05, 0) is 31.9 Å². The molecule has 1 N–H and O–H groups in total. The van der Waals surface area contributed by atoms with Crippen molar-refractivity contribution in [2.45, 2.75) is 38.9 Å². The monoisotopic (exact) mass is 451 g/mol. The summed E-state index contributed by atoms with van der Waals surface area (Å²) in [4.78, 5) is 12.7. The maximum atomic E-state index is 13.1. The van der Waals surface area contributed by atoms with E-state index in [1.807, 2.05) is 0 Å². The smallest absolute Gasteiger partial charge is 0.352 e. The van der Waals surface area contributed by atoms with Gasteiger partial charge in [0.2, 0.25) is 5.95 Å². The maximum absolute atomic E-state index is 13.1. The van der Waals surface area contributed by atoms with Crippen molar-refractivity contribution in [2.24, 2.45) is 5.41 Å². The summed E-state index contributed by atoms with van der Waals surface area (Å²) in [6.07, 6.45) is -1.86. The number of hydrogen-bond acceptors (Lipinski definition) is 5. The Labute approximate surface area is 178 Å². The van der Waals surface area contributed by atoms with Gasteiger partial charge in [-0.2, -0.15) is 13.2 Å². The molecule has 4 aromatic rings. The van der Waals surface area contributed by atoms with E-state index in [0.717, 1.165) is 0 Å². The largest absolute Gasteiger partial charge is 0.396 e. The lowest BCUT2D eigenvalue weighted by Crippen LogP contribution is -2.32. The summed E-state index contributed by atoms with van der Waals surface area (Å²) < 4.78 is 68.2. The van der Waals surface area contributed by atoms with E-state index in [-0.39, 0.29) is 25.3 Å². The first-order chi connectivity index (χ1) is 15.2. The molecule has 4 aromatic heterocycles. The van der Waals surface area contributed by atoms with E-state index < -0.39 is 24.6 Å². The second-order valence-corrected chi connectivity index (χ2v) is 8.00. The minimum atomic E-state index is -4.26. The van der Waals surface area contributed by atoms with Gasteiger partial charge in [-0.15, -0.1) is 5.10 Å². The van der Waals surface area contributed by atoms with Crippen LogP contribution < -0.4 is 5.32 Å². The van der Waals surface area contributed by atoms with Gasteiger partial charge in [0.15, 0.2) is 5.65 Å². The van der Waals surface area contributed by atoms with E-state index in [1.165, 1.54) is 15.3 Å². The molecule has 1 saturated carbocycles. The summed E-state index contributed by atoms with van der Waals surface area (Å²) in [7, 11) is 0. The first kappa shape index (κ1) is 20.6. The van der Waals surface area contributed by atoms with Crippen molar-refractivity contribution >= 4 is 22.6 Å². The third-order valence-corrected chi connectivity index (χ3v) is 5.88. The predicted octanol–water partition coefficient (Wildman–Crippen LogP) is 4.47. The Morgan fingerprint density at radius 2 is 1.94 bits per heavy atom. The predicted molar refractivity (Wildman–Crippen MR) is 106 cm³/mol. The molecule has 1 aliphatic carbocycles. The van der Waals surface area contributed by atoms with Gasteiger partial charge >= 0.3 is 6.18 Å². The molecule has 0 bridgehead atoms. The normalized spacial score (nSPS) is 15.7. The van der Waals surface area contributed by atoms with E-state index >= 15 is 0 Å². The van der Waals surface area contributed by atoms with Crippen LogP contribution in [0.15, 0.2) is 30.7 Å². The molecular formula is C20H18F5N7. The quantitative estimate of drug-likeness (QED) is 0.438. The summed E-state index contributed by atoms with van der Waals surface area (Å²) in [6, 6.07) is 3.49. The third kappa shape index (κ3) is 3.43. The SMILES string of the molecule is Cc1nc2ncc(-c3ccn4nc(NCC5(C(F)(F)F)CC5)ncc34)cc2n1CC(F)F. The van der Waals surface area contributed by atoms with Gasteiger partial charge in [-0.1, -0.05) is 0 Å². The molecule has 0 spiro atoms. The topological polar surface area (TPSA) is 72.9 Å². The summed E-state index contributed by atoms with van der Waals surface area (Å²) in [5.41, 5.74) is 1.13. The molecule has 0 aromatic carbocycles. The zero-order valence-corrected chi connectivity index (χ0v) is 16.9. The number of nitrogens with one attached hydrogen (secondary N) is 1. The van der Waals surface area contributed by atoms with Crippen LogP contribution in [0.2, 0.25) is 0 Å². The number of pyridine rings is 1. The zero-order valence-electron chi connectivity index (χ0n) is 16.9. The number of halogens is 5. The molecule has 168 valence electrons. The Balaban J connectivity index is 1.44. The summed E-state index contributed by atoms with van der Waals surface area (Å²) in [5, 5.41) is 6.94. The molecule has 32 heavy (non-hydrogen) atoms. The van der Waals surface area contributed by atoms with Crippen LogP contribution in [0.5, 0.6) is 0 Å². The molecule has 5 rings (SSSR count). The van der Waals surface area contributed by atoms with E-state index in [1.54, 1.807) is 31.5 Å². The molecular weight excluding hydrogens is 433 g/mol. The van der Waals surface area contributed by atoms with Gasteiger partial charge in [-0.3, -0.25) is 0 Å². The van der Waals surface area contributed by atoms with Crippen molar-refractivity contribution in [3.63, 3.8) is 0 Å². The summed E-state index contributed by atoms with van der Waals surface area (Å²) >= 11 is 0. The standard InChI is InChI=1S/C20H18F5N7/c1-11-29-17-14(31(11)9-16(21)22)6-12(7-26-17)13-2-5-32-15(13)8-27-18(30-32)28-10-19(3-4-19)20(23,24)25/h2,5-8,16H,3-4,9-10H2,1H3,(H,28,30). The van der Waals surface area contributed by atoms with Crippen molar-refractivity contribution in [3.05, 3.63) is 36.5 Å². The van der Waals surface area contributed by atoms with Gasteiger partial charge in [0, 0.05) is 30.1 Å². The molecule has 0 aliphatic heterocycles. The second-order valence-electron chi connectivity index (χ2n) is 8.00. The summed E-state index contributed by atoms with van der Waals surface area (Å²) in [6.45, 7) is 0.885. The van der Waals surface area contributed by atoms with Gasteiger partial charge in [0.25, 0.3) is 6.43 Å². The fourth-order valence-corrected chi connectivity index (χ4v) is 3.82. The molecule has 0 atom stereocenters. The Hall–Kier alpha value is -3.31. The fraction of sp³-hybridized carbons (Fsp3) is 0.400. The molecule has 0 radical (unpaired) electrons. The molecule has 4 heterocycles. The molecule has 0 unspecified atom stereocenters.